The molecule has 2 N–H and O–H groups in total. The highest BCUT2D eigenvalue weighted by Gasteiger charge is 2.11. The third-order valence-corrected chi connectivity index (χ3v) is 4.17. The summed E-state index contributed by atoms with van der Waals surface area (Å²) in [5.74, 6) is 0.240. The summed E-state index contributed by atoms with van der Waals surface area (Å²) in [5.41, 5.74) is 1.95. The first kappa shape index (κ1) is 14.9. The molecule has 116 valence electrons. The maximum Gasteiger partial charge on any atom is 0.234 e. The Morgan fingerprint density at radius 1 is 1.32 bits per heavy atom. The van der Waals surface area contributed by atoms with Gasteiger partial charge in [-0.15, -0.1) is 5.10 Å². The van der Waals surface area contributed by atoms with E-state index in [4.69, 9.17) is 4.74 Å². The normalized spacial score (nSPS) is 14.8. The lowest BCUT2D eigenvalue weighted by molar-refractivity contribution is -0.113. The minimum absolute atomic E-state index is 0.0628. The summed E-state index contributed by atoms with van der Waals surface area (Å²) in [6.45, 7) is 3.33. The van der Waals surface area contributed by atoms with Crippen LogP contribution in [0.4, 0.5) is 11.4 Å². The second-order valence-corrected chi connectivity index (χ2v) is 5.79. The summed E-state index contributed by atoms with van der Waals surface area (Å²) in [5, 5.41) is 13.7. The van der Waals surface area contributed by atoms with Gasteiger partial charge in [-0.05, 0) is 24.3 Å². The van der Waals surface area contributed by atoms with Crippen LogP contribution in [0.2, 0.25) is 0 Å². The van der Waals surface area contributed by atoms with Crippen LogP contribution in [-0.2, 0) is 9.53 Å². The SMILES string of the molecule is O=C(CSc1cn[nH]n1)Nc1ccc(N2CCOCC2)cc1. The van der Waals surface area contributed by atoms with Crippen molar-refractivity contribution in [3.05, 3.63) is 30.5 Å². The average molecular weight is 319 g/mol. The average Bonchev–Trinajstić information content (AvgIpc) is 3.08. The van der Waals surface area contributed by atoms with Gasteiger partial charge in [-0.3, -0.25) is 4.79 Å². The topological polar surface area (TPSA) is 83.1 Å². The number of ether oxygens (including phenoxy) is 1. The Morgan fingerprint density at radius 2 is 2.09 bits per heavy atom. The molecule has 8 heteroatoms. The van der Waals surface area contributed by atoms with Gasteiger partial charge in [0.1, 0.15) is 5.03 Å². The standard InChI is InChI=1S/C14H17N5O2S/c20-13(10-22-14-9-15-18-17-14)16-11-1-3-12(4-2-11)19-5-7-21-8-6-19/h1-4,9H,5-8,10H2,(H,16,20)(H,15,17,18). The molecule has 1 aliphatic rings. The van der Waals surface area contributed by atoms with Crippen LogP contribution >= 0.6 is 11.8 Å². The van der Waals surface area contributed by atoms with Gasteiger partial charge in [-0.1, -0.05) is 11.8 Å². The number of nitrogens with one attached hydrogen (secondary N) is 2. The molecule has 1 aromatic carbocycles. The summed E-state index contributed by atoms with van der Waals surface area (Å²) >= 11 is 1.34. The Bertz CT molecular complexity index is 596. The first-order chi connectivity index (χ1) is 10.8. The number of aromatic amines is 1. The first-order valence-electron chi connectivity index (χ1n) is 7.02. The van der Waals surface area contributed by atoms with Crippen LogP contribution in [-0.4, -0.2) is 53.4 Å². The molecule has 1 saturated heterocycles. The third kappa shape index (κ3) is 3.99. The number of nitrogens with zero attached hydrogens (tertiary/aromatic N) is 3. The largest absolute Gasteiger partial charge is 0.378 e. The molecule has 22 heavy (non-hydrogen) atoms. The van der Waals surface area contributed by atoms with Crippen LogP contribution < -0.4 is 10.2 Å². The quantitative estimate of drug-likeness (QED) is 0.810. The lowest BCUT2D eigenvalue weighted by Crippen LogP contribution is -2.36. The zero-order chi connectivity index (χ0) is 15.2. The summed E-state index contributed by atoms with van der Waals surface area (Å²) in [6.07, 6.45) is 1.59. The number of hydrogen-bond donors (Lipinski definition) is 2. The van der Waals surface area contributed by atoms with Crippen LogP contribution in [0, 0.1) is 0 Å². The fraction of sp³-hybridized carbons (Fsp3) is 0.357. The lowest BCUT2D eigenvalue weighted by atomic mass is 10.2. The summed E-state index contributed by atoms with van der Waals surface area (Å²) < 4.78 is 5.34. The molecule has 0 atom stereocenters. The number of rotatable bonds is 5. The van der Waals surface area contributed by atoms with E-state index in [1.54, 1.807) is 6.20 Å². The number of aromatic nitrogens is 3. The van der Waals surface area contributed by atoms with E-state index in [-0.39, 0.29) is 5.91 Å². The van der Waals surface area contributed by atoms with Gasteiger partial charge in [0.25, 0.3) is 0 Å². The van der Waals surface area contributed by atoms with Crippen molar-refractivity contribution < 1.29 is 9.53 Å². The second kappa shape index (κ2) is 7.28. The number of hydrogen-bond acceptors (Lipinski definition) is 6. The molecule has 1 aliphatic heterocycles. The van der Waals surface area contributed by atoms with Gasteiger partial charge in [0.2, 0.25) is 5.91 Å². The monoisotopic (exact) mass is 319 g/mol. The van der Waals surface area contributed by atoms with Gasteiger partial charge in [-0.2, -0.15) is 10.3 Å². The Hall–Kier alpha value is -2.06. The van der Waals surface area contributed by atoms with Gasteiger partial charge in [-0.25, -0.2) is 0 Å². The maximum atomic E-state index is 11.9. The number of benzene rings is 1. The summed E-state index contributed by atoms with van der Waals surface area (Å²) in [6, 6.07) is 7.88. The minimum Gasteiger partial charge on any atom is -0.378 e. The molecule has 1 aromatic heterocycles. The van der Waals surface area contributed by atoms with E-state index in [1.165, 1.54) is 11.8 Å². The molecule has 0 saturated carbocycles. The number of carbonyl (C=O) groups excluding carboxylic acids is 1. The molecule has 1 amide bonds. The molecule has 0 bridgehead atoms. The van der Waals surface area contributed by atoms with E-state index in [9.17, 15) is 4.79 Å². The van der Waals surface area contributed by atoms with Crippen molar-refractivity contribution in [3.8, 4) is 0 Å². The predicted octanol–water partition coefficient (Wildman–Crippen LogP) is 1.37. The molecule has 0 aliphatic carbocycles. The Labute approximate surface area is 132 Å². The van der Waals surface area contributed by atoms with Crippen LogP contribution in [0.25, 0.3) is 0 Å². The predicted molar refractivity (Wildman–Crippen MR) is 85.2 cm³/mol. The number of carbonyl (C=O) groups is 1. The molecular weight excluding hydrogens is 302 g/mol. The van der Waals surface area contributed by atoms with Crippen molar-refractivity contribution in [1.29, 1.82) is 0 Å². The second-order valence-electron chi connectivity index (χ2n) is 4.79. The van der Waals surface area contributed by atoms with Gasteiger partial charge >= 0.3 is 0 Å². The molecule has 0 spiro atoms. The smallest absolute Gasteiger partial charge is 0.234 e. The van der Waals surface area contributed by atoms with E-state index < -0.39 is 0 Å². The summed E-state index contributed by atoms with van der Waals surface area (Å²) in [4.78, 5) is 14.2. The third-order valence-electron chi connectivity index (χ3n) is 3.27. The van der Waals surface area contributed by atoms with Crippen LogP contribution in [0.1, 0.15) is 0 Å². The lowest BCUT2D eigenvalue weighted by Gasteiger charge is -2.28. The first-order valence-corrected chi connectivity index (χ1v) is 8.01. The van der Waals surface area contributed by atoms with Crippen molar-refractivity contribution >= 4 is 29.0 Å². The van der Waals surface area contributed by atoms with E-state index in [0.29, 0.717) is 10.8 Å². The number of morpholine rings is 1. The fourth-order valence-electron chi connectivity index (χ4n) is 2.17. The van der Waals surface area contributed by atoms with Gasteiger partial charge < -0.3 is 15.0 Å². The molecule has 3 rings (SSSR count). The number of amides is 1. The minimum atomic E-state index is -0.0628. The number of thioether (sulfide) groups is 1. The van der Waals surface area contributed by atoms with Crippen molar-refractivity contribution in [3.63, 3.8) is 0 Å². The van der Waals surface area contributed by atoms with Gasteiger partial charge in [0.15, 0.2) is 0 Å². The fourth-order valence-corrected chi connectivity index (χ4v) is 2.76. The van der Waals surface area contributed by atoms with Gasteiger partial charge in [0, 0.05) is 24.5 Å². The highest BCUT2D eigenvalue weighted by molar-refractivity contribution is 7.99. The number of H-pyrrole nitrogens is 1. The van der Waals surface area contributed by atoms with E-state index in [1.807, 2.05) is 24.3 Å². The molecule has 0 radical (unpaired) electrons. The molecule has 2 heterocycles. The van der Waals surface area contributed by atoms with E-state index in [0.717, 1.165) is 37.7 Å². The highest BCUT2D eigenvalue weighted by atomic mass is 32.2. The zero-order valence-corrected chi connectivity index (χ0v) is 12.8. The summed E-state index contributed by atoms with van der Waals surface area (Å²) in [7, 11) is 0. The highest BCUT2D eigenvalue weighted by Crippen LogP contribution is 2.19. The van der Waals surface area contributed by atoms with Crippen molar-refractivity contribution in [2.75, 3.05) is 42.3 Å². The van der Waals surface area contributed by atoms with E-state index >= 15 is 0 Å². The van der Waals surface area contributed by atoms with Crippen LogP contribution in [0.5, 0.6) is 0 Å². The zero-order valence-electron chi connectivity index (χ0n) is 12.0. The van der Waals surface area contributed by atoms with Gasteiger partial charge in [0.05, 0.1) is 25.2 Å². The molecule has 0 unspecified atom stereocenters. The Morgan fingerprint density at radius 3 is 2.77 bits per heavy atom. The van der Waals surface area contributed by atoms with Crippen LogP contribution in [0.15, 0.2) is 35.5 Å². The van der Waals surface area contributed by atoms with Crippen LogP contribution in [0.3, 0.4) is 0 Å². The van der Waals surface area contributed by atoms with E-state index in [2.05, 4.69) is 25.6 Å². The molecule has 1 fully saturated rings. The maximum absolute atomic E-state index is 11.9. The molecule has 7 nitrogen and oxygen atoms in total. The molecular formula is C14H17N5O2S. The van der Waals surface area contributed by atoms with Crippen molar-refractivity contribution in [1.82, 2.24) is 15.4 Å². The van der Waals surface area contributed by atoms with Crippen molar-refractivity contribution in [2.24, 2.45) is 0 Å². The molecule has 2 aromatic rings. The Kier molecular flexibility index (Phi) is 4.92. The Balaban J connectivity index is 1.50. The number of anilines is 2. The van der Waals surface area contributed by atoms with Crippen molar-refractivity contribution in [2.45, 2.75) is 5.03 Å².